The Hall–Kier alpha value is -0.570. The van der Waals surface area contributed by atoms with Gasteiger partial charge >= 0.3 is 5.97 Å². The molecule has 0 rings (SSSR count). The van der Waals surface area contributed by atoms with Crippen LogP contribution in [0.25, 0.3) is 0 Å². The second-order valence-electron chi connectivity index (χ2n) is 1.08. The minimum absolute atomic E-state index is 0.0150. The van der Waals surface area contributed by atoms with E-state index < -0.39 is 12.0 Å². The van der Waals surface area contributed by atoms with Crippen LogP contribution in [0, 0.1) is 0 Å². The van der Waals surface area contributed by atoms with Crippen LogP contribution in [-0.4, -0.2) is 19.1 Å². The molecule has 0 aromatic rings. The van der Waals surface area contributed by atoms with E-state index in [9.17, 15) is 4.79 Å². The highest BCUT2D eigenvalue weighted by Gasteiger charge is 2.03. The van der Waals surface area contributed by atoms with Crippen molar-refractivity contribution in [3.63, 3.8) is 0 Å². The molecule has 1 atom stereocenters. The summed E-state index contributed by atoms with van der Waals surface area (Å²) in [6, 6.07) is -1.94. The third-order valence-electron chi connectivity index (χ3n) is 0.481. The second-order valence-corrected chi connectivity index (χ2v) is 1.08. The van der Waals surface area contributed by atoms with Crippen LogP contribution in [0.1, 0.15) is 8.29 Å². The zero-order valence-electron chi connectivity index (χ0n) is 7.26. The van der Waals surface area contributed by atoms with Gasteiger partial charge in [-0.05, 0) is 6.92 Å². The van der Waals surface area contributed by atoms with Crippen LogP contribution in [0.3, 0.4) is 0 Å². The van der Waals surface area contributed by atoms with Gasteiger partial charge in [-0.3, -0.25) is 4.79 Å². The van der Waals surface area contributed by atoms with Crippen LogP contribution in [0.2, 0.25) is 2.82 Å². The quantitative estimate of drug-likeness (QED) is 0.483. The molecule has 7 heavy (non-hydrogen) atoms. The number of ether oxygens (including phenoxy) is 1. The van der Waals surface area contributed by atoms with E-state index in [0.717, 1.165) is 14.0 Å². The molecule has 0 heterocycles. The van der Waals surface area contributed by atoms with E-state index in [2.05, 4.69) is 4.74 Å². The van der Waals surface area contributed by atoms with Crippen LogP contribution in [0.4, 0.5) is 0 Å². The van der Waals surface area contributed by atoms with Gasteiger partial charge in [-0.1, -0.05) is 0 Å². The topological polar surface area (TPSA) is 52.3 Å². The molecule has 42 valence electrons. The van der Waals surface area contributed by atoms with Crippen LogP contribution in [0.5, 0.6) is 0 Å². The van der Waals surface area contributed by atoms with E-state index in [1.807, 2.05) is 0 Å². The molecule has 0 aliphatic carbocycles. The third-order valence-corrected chi connectivity index (χ3v) is 0.481. The molecule has 0 radical (unpaired) electrons. The Morgan fingerprint density at radius 2 is 2.86 bits per heavy atom. The molecule has 3 nitrogen and oxygen atoms in total. The first-order chi connectivity index (χ1) is 4.42. The first-order valence-corrected chi connectivity index (χ1v) is 1.79. The molecule has 0 saturated heterocycles. The lowest BCUT2D eigenvalue weighted by Crippen LogP contribution is -2.27. The lowest BCUT2D eigenvalue weighted by Gasteiger charge is -1.98. The molecule has 0 bridgehead atoms. The molecule has 0 aromatic heterocycles. The smallest absolute Gasteiger partial charge is 0.322 e. The average molecular weight is 106 g/mol. The van der Waals surface area contributed by atoms with Crippen LogP contribution < -0.4 is 5.72 Å². The van der Waals surface area contributed by atoms with Crippen molar-refractivity contribution in [3.8, 4) is 0 Å². The number of rotatable bonds is 2. The minimum Gasteiger partial charge on any atom is -0.468 e. The molecule has 0 aromatic carbocycles. The Labute approximate surface area is 46.8 Å². The van der Waals surface area contributed by atoms with E-state index in [0.29, 0.717) is 0 Å². The largest absolute Gasteiger partial charge is 0.468 e. The van der Waals surface area contributed by atoms with Crippen molar-refractivity contribution in [3.05, 3.63) is 0 Å². The SMILES string of the molecule is [2H]N([2H])C([2H])(C)C(=O)OC. The first-order valence-electron chi connectivity index (χ1n) is 3.18. The van der Waals surface area contributed by atoms with Gasteiger partial charge in [0, 0.05) is 0 Å². The fraction of sp³-hybridized carbons (Fsp3) is 0.750. The molecular formula is C4H9NO2. The number of esters is 1. The molecule has 0 aliphatic heterocycles. The number of hydrogen-bond acceptors (Lipinski definition) is 3. The van der Waals surface area contributed by atoms with Gasteiger partial charge in [-0.15, -0.1) is 0 Å². The fourth-order valence-electron chi connectivity index (χ4n) is 0.148. The van der Waals surface area contributed by atoms with Crippen molar-refractivity contribution in [2.24, 2.45) is 5.72 Å². The zero-order chi connectivity index (χ0) is 8.36. The van der Waals surface area contributed by atoms with Gasteiger partial charge in [-0.2, -0.15) is 0 Å². The molecule has 0 amide bonds. The van der Waals surface area contributed by atoms with Gasteiger partial charge in [0.15, 0.2) is 0 Å². The third kappa shape index (κ3) is 2.17. The summed E-state index contributed by atoms with van der Waals surface area (Å²) in [5.41, 5.74) is -0.0150. The van der Waals surface area contributed by atoms with E-state index in [1.165, 1.54) is 0 Å². The predicted molar refractivity (Wildman–Crippen MR) is 25.7 cm³/mol. The highest BCUT2D eigenvalue weighted by atomic mass is 16.5. The summed E-state index contributed by atoms with van der Waals surface area (Å²) in [5, 5.41) is 0. The van der Waals surface area contributed by atoms with Gasteiger partial charge in [0.1, 0.15) is 8.84 Å². The van der Waals surface area contributed by atoms with Crippen LogP contribution in [-0.2, 0) is 9.53 Å². The molecule has 2 N–H and O–H groups in total. The van der Waals surface area contributed by atoms with Crippen molar-refractivity contribution in [1.82, 2.24) is 0 Å². The normalized spacial score (nSPS) is 24.1. The summed E-state index contributed by atoms with van der Waals surface area (Å²) >= 11 is 0. The van der Waals surface area contributed by atoms with Crippen molar-refractivity contribution < 1.29 is 13.7 Å². The average Bonchev–Trinajstić information content (AvgIpc) is 1.86. The Bertz CT molecular complexity index is 136. The Balaban J connectivity index is 4.24. The summed E-state index contributed by atoms with van der Waals surface area (Å²) in [4.78, 5) is 10.6. The van der Waals surface area contributed by atoms with E-state index in [4.69, 9.17) is 4.19 Å². The predicted octanol–water partition coefficient (Wildman–Crippen LogP) is -0.493. The van der Waals surface area contributed by atoms with Gasteiger partial charge in [0.05, 0.1) is 8.48 Å². The number of hydrogen-bond donors (Lipinski definition) is 1. The monoisotopic (exact) mass is 106 g/mol. The van der Waals surface area contributed by atoms with Gasteiger partial charge in [0.2, 0.25) is 0 Å². The van der Waals surface area contributed by atoms with Crippen LogP contribution in [0.15, 0.2) is 0 Å². The second kappa shape index (κ2) is 2.58. The van der Waals surface area contributed by atoms with E-state index in [1.54, 1.807) is 0 Å². The van der Waals surface area contributed by atoms with E-state index >= 15 is 0 Å². The molecule has 1 unspecified atom stereocenters. The van der Waals surface area contributed by atoms with Crippen molar-refractivity contribution in [2.75, 3.05) is 7.11 Å². The Morgan fingerprint density at radius 3 is 3.00 bits per heavy atom. The van der Waals surface area contributed by atoms with Crippen LogP contribution >= 0.6 is 0 Å². The maximum absolute atomic E-state index is 10.6. The summed E-state index contributed by atoms with van der Waals surface area (Å²) in [6.45, 7) is 1.11. The Morgan fingerprint density at radius 1 is 2.29 bits per heavy atom. The molecule has 0 saturated carbocycles. The molecule has 0 fully saturated rings. The molecule has 0 aliphatic rings. The van der Waals surface area contributed by atoms with Crippen molar-refractivity contribution in [1.29, 1.82) is 0 Å². The number of methoxy groups -OCH3 is 1. The standard InChI is InChI=1S/C4H9NO2/c1-3(5)4(6)7-2/h3H,5H2,1-2H3/i3D/hD2. The summed E-state index contributed by atoms with van der Waals surface area (Å²) in [5.74, 6) is -0.919. The van der Waals surface area contributed by atoms with E-state index in [-0.39, 0.29) is 5.72 Å². The fourth-order valence-corrected chi connectivity index (χ4v) is 0.148. The van der Waals surface area contributed by atoms with Gasteiger partial charge in [0.25, 0.3) is 0 Å². The summed E-state index contributed by atoms with van der Waals surface area (Å²) < 4.78 is 24.5. The molecule has 3 heteroatoms. The highest BCUT2D eigenvalue weighted by molar-refractivity contribution is 5.74. The van der Waals surface area contributed by atoms with Crippen molar-refractivity contribution >= 4 is 5.97 Å². The Kier molecular flexibility index (Phi) is 0.982. The summed E-state index contributed by atoms with van der Waals surface area (Å²) in [6.07, 6.45) is 0. The lowest BCUT2D eigenvalue weighted by atomic mass is 10.4. The number of carbonyl (C=O) groups excluding carboxylic acids is 1. The minimum atomic E-state index is -1.94. The zero-order valence-corrected chi connectivity index (χ0v) is 4.26. The van der Waals surface area contributed by atoms with Gasteiger partial charge in [-0.25, -0.2) is 0 Å². The number of carbonyl (C=O) groups is 1. The van der Waals surface area contributed by atoms with Crippen molar-refractivity contribution in [2.45, 2.75) is 12.9 Å². The molecular weight excluding hydrogens is 94.0 g/mol. The number of nitrogens with two attached hydrogens (primary N) is 1. The maximum atomic E-state index is 10.6. The summed E-state index contributed by atoms with van der Waals surface area (Å²) in [7, 11) is 1.11. The first kappa shape index (κ1) is 2.67. The maximum Gasteiger partial charge on any atom is 0.322 e. The highest BCUT2D eigenvalue weighted by Crippen LogP contribution is 1.76. The molecule has 0 spiro atoms. The van der Waals surface area contributed by atoms with Gasteiger partial charge < -0.3 is 10.5 Å². The lowest BCUT2D eigenvalue weighted by molar-refractivity contribution is -0.141.